The van der Waals surface area contributed by atoms with Crippen molar-refractivity contribution >= 4 is 51.7 Å². The van der Waals surface area contributed by atoms with Crippen LogP contribution in [0.4, 0.5) is 5.13 Å². The van der Waals surface area contributed by atoms with Crippen molar-refractivity contribution in [3.05, 3.63) is 22.3 Å². The van der Waals surface area contributed by atoms with E-state index in [9.17, 15) is 19.5 Å². The van der Waals surface area contributed by atoms with Crippen molar-refractivity contribution in [1.29, 1.82) is 0 Å². The maximum atomic E-state index is 12.8. The third-order valence-electron chi connectivity index (χ3n) is 4.39. The number of β-lactam (4-membered cyclic amide) rings is 1. The molecule has 3 rings (SSSR count). The first-order chi connectivity index (χ1) is 14.4. The highest BCUT2D eigenvalue weighted by Crippen LogP contribution is 2.40. The number of carboxylic acids is 1. The van der Waals surface area contributed by atoms with Crippen LogP contribution in [0, 0.1) is 0 Å². The zero-order chi connectivity index (χ0) is 21.8. The van der Waals surface area contributed by atoms with E-state index in [2.05, 4.69) is 20.8 Å². The number of nitrogen functional groups attached to an aromatic ring is 1. The molecule has 1 saturated heterocycles. The van der Waals surface area contributed by atoms with Crippen molar-refractivity contribution in [3.8, 4) is 0 Å². The van der Waals surface area contributed by atoms with Crippen LogP contribution >= 0.6 is 23.1 Å². The Morgan fingerprint density at radius 1 is 1.47 bits per heavy atom. The van der Waals surface area contributed by atoms with Gasteiger partial charge in [0.15, 0.2) is 10.8 Å². The van der Waals surface area contributed by atoms with Gasteiger partial charge in [-0.3, -0.25) is 14.5 Å². The van der Waals surface area contributed by atoms with E-state index >= 15 is 0 Å². The number of thiazole rings is 1. The first kappa shape index (κ1) is 22.1. The number of anilines is 1. The number of carboxylic acid groups (broad SMARTS) is 1. The maximum Gasteiger partial charge on any atom is 0.352 e. The van der Waals surface area contributed by atoms with Gasteiger partial charge in [-0.1, -0.05) is 12.1 Å². The number of carbonyl (C=O) groups is 3. The minimum atomic E-state index is -1.16. The van der Waals surface area contributed by atoms with Gasteiger partial charge in [0.25, 0.3) is 11.8 Å². The smallest absolute Gasteiger partial charge is 0.352 e. The van der Waals surface area contributed by atoms with E-state index in [1.807, 2.05) is 6.92 Å². The van der Waals surface area contributed by atoms with Gasteiger partial charge in [-0.15, -0.1) is 23.1 Å². The highest BCUT2D eigenvalue weighted by atomic mass is 32.2. The zero-order valence-electron chi connectivity index (χ0n) is 16.4. The van der Waals surface area contributed by atoms with Gasteiger partial charge in [-0.05, 0) is 19.0 Å². The number of aliphatic carboxylic acids is 1. The summed E-state index contributed by atoms with van der Waals surface area (Å²) in [5.41, 5.74) is 6.39. The molecule has 2 aliphatic rings. The zero-order valence-corrected chi connectivity index (χ0v) is 18.0. The number of aromatic nitrogens is 1. The number of oxime groups is 1. The van der Waals surface area contributed by atoms with Crippen LogP contribution in [-0.4, -0.2) is 75.4 Å². The van der Waals surface area contributed by atoms with Crippen molar-refractivity contribution < 1.29 is 24.3 Å². The molecule has 2 atom stereocenters. The Balaban J connectivity index is 1.77. The summed E-state index contributed by atoms with van der Waals surface area (Å²) in [5, 5.41) is 20.5. The van der Waals surface area contributed by atoms with Crippen LogP contribution in [-0.2, 0) is 19.2 Å². The second kappa shape index (κ2) is 9.45. The van der Waals surface area contributed by atoms with Crippen LogP contribution < -0.4 is 16.4 Å². The molecule has 0 aliphatic carbocycles. The van der Waals surface area contributed by atoms with Gasteiger partial charge in [0.2, 0.25) is 0 Å². The summed E-state index contributed by atoms with van der Waals surface area (Å²) in [5.74, 6) is -1.85. The van der Waals surface area contributed by atoms with Crippen LogP contribution in [0.2, 0.25) is 0 Å². The van der Waals surface area contributed by atoms with Crippen molar-refractivity contribution in [2.24, 2.45) is 5.16 Å². The fraction of sp³-hybridized carbons (Fsp3) is 0.471. The number of hydrogen-bond donors (Lipinski definition) is 4. The number of hydrogen-bond acceptors (Lipinski definition) is 10. The summed E-state index contributed by atoms with van der Waals surface area (Å²) in [7, 11) is 0. The number of nitrogens with one attached hydrogen (secondary N) is 2. The molecule has 0 spiro atoms. The number of carbonyl (C=O) groups excluding carboxylic acids is 2. The fourth-order valence-electron chi connectivity index (χ4n) is 3.03. The SMILES string of the molecule is CCNCC1=C(C(=O)O)N2C(=O)C(NC(=O)/C(=N\OCC)c3csc(N)n3)[C@H]2SC1. The highest BCUT2D eigenvalue weighted by Gasteiger charge is 2.54. The Morgan fingerprint density at radius 2 is 2.23 bits per heavy atom. The predicted molar refractivity (Wildman–Crippen MR) is 113 cm³/mol. The predicted octanol–water partition coefficient (Wildman–Crippen LogP) is -0.186. The Morgan fingerprint density at radius 3 is 2.83 bits per heavy atom. The number of rotatable bonds is 9. The molecule has 13 heteroatoms. The standard InChI is InChI=1S/C17H22N6O5S2/c1-3-19-5-8-6-29-15-11(14(25)23(15)12(8)16(26)27)21-13(24)10(22-28-4-2)9-7-30-17(18)20-9/h7,11,15,19H,3-6H2,1-2H3,(H2,18,20)(H,21,24)(H,26,27)/b22-10-/t11?,15-/m1/s1. The molecule has 0 aromatic carbocycles. The Bertz CT molecular complexity index is 914. The van der Waals surface area contributed by atoms with E-state index in [0.717, 1.165) is 11.3 Å². The molecule has 0 radical (unpaired) electrons. The summed E-state index contributed by atoms with van der Waals surface area (Å²) in [6.45, 7) is 4.93. The number of nitrogens with two attached hydrogens (primary N) is 1. The molecule has 1 unspecified atom stereocenters. The molecule has 30 heavy (non-hydrogen) atoms. The van der Waals surface area contributed by atoms with Gasteiger partial charge in [0.1, 0.15) is 29.4 Å². The Labute approximate surface area is 180 Å². The maximum absolute atomic E-state index is 12.8. The molecule has 1 fully saturated rings. The molecule has 2 aliphatic heterocycles. The lowest BCUT2D eigenvalue weighted by atomic mass is 10.0. The van der Waals surface area contributed by atoms with E-state index in [1.54, 1.807) is 12.3 Å². The van der Waals surface area contributed by atoms with Crippen LogP contribution in [0.1, 0.15) is 19.5 Å². The molecule has 1 aromatic heterocycles. The van der Waals surface area contributed by atoms with Crippen molar-refractivity contribution in [2.45, 2.75) is 25.3 Å². The monoisotopic (exact) mass is 454 g/mol. The second-order valence-corrected chi connectivity index (χ2v) is 8.32. The lowest BCUT2D eigenvalue weighted by Gasteiger charge is -2.49. The fourth-order valence-corrected chi connectivity index (χ4v) is 4.93. The molecule has 0 bridgehead atoms. The molecule has 3 heterocycles. The molecule has 2 amide bonds. The lowest BCUT2D eigenvalue weighted by molar-refractivity contribution is -0.150. The minimum Gasteiger partial charge on any atom is -0.477 e. The Kier molecular flexibility index (Phi) is 6.95. The normalized spacial score (nSPS) is 21.2. The molecular formula is C17H22N6O5S2. The van der Waals surface area contributed by atoms with Crippen LogP contribution in [0.25, 0.3) is 0 Å². The molecule has 0 saturated carbocycles. The number of thioether (sulfide) groups is 1. The average molecular weight is 455 g/mol. The van der Waals surface area contributed by atoms with Gasteiger partial charge < -0.3 is 26.3 Å². The van der Waals surface area contributed by atoms with Crippen LogP contribution in [0.5, 0.6) is 0 Å². The largest absolute Gasteiger partial charge is 0.477 e. The van der Waals surface area contributed by atoms with Crippen molar-refractivity contribution in [2.75, 3.05) is 31.2 Å². The number of nitrogens with zero attached hydrogens (tertiary/aromatic N) is 3. The van der Waals surface area contributed by atoms with Crippen LogP contribution in [0.3, 0.4) is 0 Å². The third-order valence-corrected chi connectivity index (χ3v) is 6.40. The molecule has 5 N–H and O–H groups in total. The van der Waals surface area contributed by atoms with Gasteiger partial charge in [-0.25, -0.2) is 9.78 Å². The molecule has 11 nitrogen and oxygen atoms in total. The second-order valence-electron chi connectivity index (χ2n) is 6.33. The van der Waals surface area contributed by atoms with E-state index in [4.69, 9.17) is 10.6 Å². The van der Waals surface area contributed by atoms with Gasteiger partial charge >= 0.3 is 5.97 Å². The van der Waals surface area contributed by atoms with E-state index in [1.165, 1.54) is 16.7 Å². The van der Waals surface area contributed by atoms with Gasteiger partial charge in [0.05, 0.1) is 0 Å². The molecule has 162 valence electrons. The average Bonchev–Trinajstić information content (AvgIpc) is 3.15. The van der Waals surface area contributed by atoms with E-state index in [-0.39, 0.29) is 28.8 Å². The van der Waals surface area contributed by atoms with E-state index < -0.39 is 29.2 Å². The molecular weight excluding hydrogens is 432 g/mol. The summed E-state index contributed by atoms with van der Waals surface area (Å²) >= 11 is 2.55. The molecule has 1 aromatic rings. The van der Waals surface area contributed by atoms with E-state index in [0.29, 0.717) is 24.4 Å². The summed E-state index contributed by atoms with van der Waals surface area (Å²) in [6.07, 6.45) is 0. The summed E-state index contributed by atoms with van der Waals surface area (Å²) in [6, 6.07) is -0.875. The lowest BCUT2D eigenvalue weighted by Crippen LogP contribution is -2.71. The third kappa shape index (κ3) is 4.27. The topological polar surface area (TPSA) is 159 Å². The van der Waals surface area contributed by atoms with Crippen molar-refractivity contribution in [1.82, 2.24) is 20.5 Å². The number of amides is 2. The Hall–Kier alpha value is -2.64. The minimum absolute atomic E-state index is 0.0225. The quantitative estimate of drug-likeness (QED) is 0.225. The van der Waals surface area contributed by atoms with Crippen LogP contribution in [0.15, 0.2) is 21.8 Å². The number of fused-ring (bicyclic) bond motifs is 1. The summed E-state index contributed by atoms with van der Waals surface area (Å²) in [4.78, 5) is 47.6. The summed E-state index contributed by atoms with van der Waals surface area (Å²) < 4.78 is 0. The van der Waals surface area contributed by atoms with Crippen molar-refractivity contribution in [3.63, 3.8) is 0 Å². The first-order valence-corrected chi connectivity index (χ1v) is 11.1. The van der Waals surface area contributed by atoms with Gasteiger partial charge in [-0.2, -0.15) is 0 Å². The highest BCUT2D eigenvalue weighted by molar-refractivity contribution is 8.00. The first-order valence-electron chi connectivity index (χ1n) is 9.21. The van der Waals surface area contributed by atoms with Gasteiger partial charge in [0, 0.05) is 17.7 Å². The number of likely N-dealkylation sites (N-methyl/N-ethyl adjacent to an activating group) is 1.